The molecule has 0 saturated carbocycles. The van der Waals surface area contributed by atoms with Crippen molar-refractivity contribution in [2.45, 2.75) is 6.92 Å². The molecule has 3 nitrogen and oxygen atoms in total. The number of para-hydroxylation sites is 2. The fourth-order valence-corrected chi connectivity index (χ4v) is 1.02. The maximum Gasteiger partial charge on any atom is 0.229 e. The molecule has 0 aliphatic carbocycles. The summed E-state index contributed by atoms with van der Waals surface area (Å²) in [6.45, 7) is 1.77. The van der Waals surface area contributed by atoms with E-state index in [4.69, 9.17) is 15.2 Å². The summed E-state index contributed by atoms with van der Waals surface area (Å²) >= 11 is 0. The van der Waals surface area contributed by atoms with Crippen LogP contribution in [0.15, 0.2) is 35.9 Å². The van der Waals surface area contributed by atoms with Gasteiger partial charge in [0.05, 0.1) is 0 Å². The van der Waals surface area contributed by atoms with Crippen molar-refractivity contribution < 1.29 is 9.47 Å². The second-order valence-electron chi connectivity index (χ2n) is 2.57. The molecule has 0 atom stereocenters. The van der Waals surface area contributed by atoms with E-state index in [1.165, 1.54) is 0 Å². The van der Waals surface area contributed by atoms with Crippen molar-refractivity contribution in [1.82, 2.24) is 0 Å². The van der Waals surface area contributed by atoms with E-state index in [-0.39, 0.29) is 0 Å². The molecule has 1 aliphatic heterocycles. The first kappa shape index (κ1) is 7.03. The molecule has 12 heavy (non-hydrogen) atoms. The summed E-state index contributed by atoms with van der Waals surface area (Å²) in [7, 11) is 0. The lowest BCUT2D eigenvalue weighted by molar-refractivity contribution is 0.292. The van der Waals surface area contributed by atoms with Crippen LogP contribution in [0.1, 0.15) is 6.92 Å². The van der Waals surface area contributed by atoms with Gasteiger partial charge in [-0.2, -0.15) is 0 Å². The Bertz CT molecular complexity index is 311. The lowest BCUT2D eigenvalue weighted by Gasteiger charge is -2.18. The minimum atomic E-state index is 0.328. The molecule has 1 aromatic rings. The molecule has 62 valence electrons. The quantitative estimate of drug-likeness (QED) is 0.631. The number of hydrogen-bond donors (Lipinski definition) is 1. The van der Waals surface area contributed by atoms with Gasteiger partial charge in [-0.05, 0) is 19.1 Å². The summed E-state index contributed by atoms with van der Waals surface area (Å²) in [5.74, 6) is 2.31. The molecule has 1 aromatic carbocycles. The van der Waals surface area contributed by atoms with Crippen LogP contribution < -0.4 is 15.2 Å². The Morgan fingerprint density at radius 3 is 2.33 bits per heavy atom. The van der Waals surface area contributed by atoms with Crippen LogP contribution >= 0.6 is 0 Å². The van der Waals surface area contributed by atoms with Crippen molar-refractivity contribution >= 4 is 0 Å². The van der Waals surface area contributed by atoms with Gasteiger partial charge < -0.3 is 15.2 Å². The van der Waals surface area contributed by atoms with E-state index in [1.807, 2.05) is 24.3 Å². The average Bonchev–Trinajstić information content (AvgIpc) is 2.07. The third-order valence-electron chi connectivity index (χ3n) is 1.68. The zero-order valence-electron chi connectivity index (χ0n) is 6.70. The minimum absolute atomic E-state index is 0.328. The number of rotatable bonds is 0. The molecule has 0 bridgehead atoms. The van der Waals surface area contributed by atoms with Gasteiger partial charge in [0.25, 0.3) is 0 Å². The smallest absolute Gasteiger partial charge is 0.229 e. The molecule has 0 radical (unpaired) electrons. The first-order chi connectivity index (χ1) is 5.77. The van der Waals surface area contributed by atoms with Crippen molar-refractivity contribution in [2.75, 3.05) is 0 Å². The Balaban J connectivity index is 2.43. The fraction of sp³-hybridized carbons (Fsp3) is 0.111. The SMILES string of the molecule is CC1=C(N)Oc2ccccc2O1. The van der Waals surface area contributed by atoms with Gasteiger partial charge >= 0.3 is 0 Å². The number of nitrogens with two attached hydrogens (primary N) is 1. The van der Waals surface area contributed by atoms with Crippen LogP contribution in [0.3, 0.4) is 0 Å². The van der Waals surface area contributed by atoms with E-state index < -0.39 is 0 Å². The monoisotopic (exact) mass is 163 g/mol. The van der Waals surface area contributed by atoms with E-state index in [2.05, 4.69) is 0 Å². The van der Waals surface area contributed by atoms with Gasteiger partial charge in [0.2, 0.25) is 5.88 Å². The molecule has 2 rings (SSSR count). The number of fused-ring (bicyclic) bond motifs is 1. The van der Waals surface area contributed by atoms with E-state index in [0.29, 0.717) is 23.1 Å². The summed E-state index contributed by atoms with van der Waals surface area (Å²) < 4.78 is 10.7. The average molecular weight is 163 g/mol. The first-order valence-electron chi connectivity index (χ1n) is 3.68. The van der Waals surface area contributed by atoms with E-state index in [0.717, 1.165) is 0 Å². The topological polar surface area (TPSA) is 44.5 Å². The van der Waals surface area contributed by atoms with E-state index >= 15 is 0 Å². The van der Waals surface area contributed by atoms with Crippen molar-refractivity contribution in [3.05, 3.63) is 35.9 Å². The number of benzene rings is 1. The zero-order valence-corrected chi connectivity index (χ0v) is 6.70. The maximum atomic E-state index is 5.53. The molecular formula is C9H9NO2. The number of ether oxygens (including phenoxy) is 2. The maximum absolute atomic E-state index is 5.53. The Morgan fingerprint density at radius 2 is 1.67 bits per heavy atom. The van der Waals surface area contributed by atoms with Crippen LogP contribution in [-0.4, -0.2) is 0 Å². The molecule has 1 heterocycles. The predicted molar refractivity (Wildman–Crippen MR) is 44.6 cm³/mol. The van der Waals surface area contributed by atoms with Crippen LogP contribution in [0.25, 0.3) is 0 Å². The van der Waals surface area contributed by atoms with Gasteiger partial charge in [-0.1, -0.05) is 12.1 Å². The third-order valence-corrected chi connectivity index (χ3v) is 1.68. The highest BCUT2D eigenvalue weighted by Gasteiger charge is 2.14. The highest BCUT2D eigenvalue weighted by atomic mass is 16.6. The summed E-state index contributed by atoms with van der Waals surface area (Å²) in [6, 6.07) is 7.41. The highest BCUT2D eigenvalue weighted by molar-refractivity contribution is 5.43. The predicted octanol–water partition coefficient (Wildman–Crippen LogP) is 1.61. The minimum Gasteiger partial charge on any atom is -0.453 e. The van der Waals surface area contributed by atoms with Gasteiger partial charge in [-0.3, -0.25) is 0 Å². The first-order valence-corrected chi connectivity index (χ1v) is 3.68. The number of allylic oxidation sites excluding steroid dienone is 1. The Morgan fingerprint density at radius 1 is 1.08 bits per heavy atom. The van der Waals surface area contributed by atoms with E-state index in [1.54, 1.807) is 6.92 Å². The lowest BCUT2D eigenvalue weighted by Crippen LogP contribution is -2.16. The van der Waals surface area contributed by atoms with Crippen LogP contribution in [0.2, 0.25) is 0 Å². The van der Waals surface area contributed by atoms with Gasteiger partial charge in [-0.25, -0.2) is 0 Å². The highest BCUT2D eigenvalue weighted by Crippen LogP contribution is 2.32. The molecule has 0 fully saturated rings. The third kappa shape index (κ3) is 0.993. The second-order valence-corrected chi connectivity index (χ2v) is 2.57. The fourth-order valence-electron chi connectivity index (χ4n) is 1.02. The zero-order chi connectivity index (χ0) is 8.55. The van der Waals surface area contributed by atoms with Gasteiger partial charge in [0.1, 0.15) is 0 Å². The normalized spacial score (nSPS) is 14.8. The molecule has 1 aliphatic rings. The van der Waals surface area contributed by atoms with Crippen LogP contribution in [0.4, 0.5) is 0 Å². The molecule has 3 heteroatoms. The molecule has 0 unspecified atom stereocenters. The molecule has 0 aromatic heterocycles. The Labute approximate surface area is 70.4 Å². The second kappa shape index (κ2) is 2.44. The summed E-state index contributed by atoms with van der Waals surface area (Å²) in [5.41, 5.74) is 5.53. The van der Waals surface area contributed by atoms with Crippen LogP contribution in [0.5, 0.6) is 11.5 Å². The summed E-state index contributed by atoms with van der Waals surface area (Å²) in [5, 5.41) is 0. The lowest BCUT2D eigenvalue weighted by atomic mass is 10.3. The Hall–Kier alpha value is -1.64. The van der Waals surface area contributed by atoms with Crippen molar-refractivity contribution in [3.8, 4) is 11.5 Å². The molecular weight excluding hydrogens is 154 g/mol. The van der Waals surface area contributed by atoms with Crippen molar-refractivity contribution in [3.63, 3.8) is 0 Å². The molecule has 0 spiro atoms. The van der Waals surface area contributed by atoms with Crippen molar-refractivity contribution in [1.29, 1.82) is 0 Å². The number of hydrogen-bond acceptors (Lipinski definition) is 3. The van der Waals surface area contributed by atoms with Gasteiger partial charge in [-0.15, -0.1) is 0 Å². The van der Waals surface area contributed by atoms with Gasteiger partial charge in [0.15, 0.2) is 17.3 Å². The molecule has 0 amide bonds. The van der Waals surface area contributed by atoms with E-state index in [9.17, 15) is 0 Å². The standard InChI is InChI=1S/C9H9NO2/c1-6-9(10)12-8-5-3-2-4-7(8)11-6/h2-5H,10H2,1H3. The van der Waals surface area contributed by atoms with Crippen LogP contribution in [0, 0.1) is 0 Å². The van der Waals surface area contributed by atoms with Crippen LogP contribution in [-0.2, 0) is 0 Å². The van der Waals surface area contributed by atoms with Gasteiger partial charge in [0, 0.05) is 0 Å². The largest absolute Gasteiger partial charge is 0.453 e. The Kier molecular flexibility index (Phi) is 1.43. The summed E-state index contributed by atoms with van der Waals surface area (Å²) in [4.78, 5) is 0. The molecule has 2 N–H and O–H groups in total. The van der Waals surface area contributed by atoms with Crippen molar-refractivity contribution in [2.24, 2.45) is 5.73 Å². The summed E-state index contributed by atoms with van der Waals surface area (Å²) in [6.07, 6.45) is 0. The molecule has 0 saturated heterocycles.